The van der Waals surface area contributed by atoms with Crippen LogP contribution in [0.1, 0.15) is 19.4 Å². The summed E-state index contributed by atoms with van der Waals surface area (Å²) in [6, 6.07) is 6.11. The lowest BCUT2D eigenvalue weighted by molar-refractivity contribution is 0.465. The van der Waals surface area contributed by atoms with E-state index in [4.69, 9.17) is 4.74 Å². The highest BCUT2D eigenvalue weighted by Crippen LogP contribution is 2.23. The number of ether oxygens (including phenoxy) is 1. The van der Waals surface area contributed by atoms with Crippen molar-refractivity contribution in [1.82, 2.24) is 15.3 Å². The van der Waals surface area contributed by atoms with Gasteiger partial charge in [-0.1, -0.05) is 13.8 Å². The van der Waals surface area contributed by atoms with Crippen molar-refractivity contribution in [2.24, 2.45) is 0 Å². The third-order valence-electron chi connectivity index (χ3n) is 2.43. The van der Waals surface area contributed by atoms with Gasteiger partial charge in [-0.2, -0.15) is 0 Å². The van der Waals surface area contributed by atoms with Gasteiger partial charge < -0.3 is 10.1 Å². The van der Waals surface area contributed by atoms with Gasteiger partial charge >= 0.3 is 0 Å². The first-order valence-corrected chi connectivity index (χ1v) is 6.00. The second-order valence-electron chi connectivity index (χ2n) is 4.31. The van der Waals surface area contributed by atoms with Gasteiger partial charge in [0.15, 0.2) is 0 Å². The summed E-state index contributed by atoms with van der Waals surface area (Å²) in [6.45, 7) is 4.99. The van der Waals surface area contributed by atoms with Gasteiger partial charge in [0.05, 0.1) is 12.4 Å². The summed E-state index contributed by atoms with van der Waals surface area (Å²) in [5.74, 6) is 1.48. The monoisotopic (exact) mass is 243 g/mol. The largest absolute Gasteiger partial charge is 0.454 e. The predicted molar refractivity (Wildman–Crippen MR) is 70.5 cm³/mol. The van der Waals surface area contributed by atoms with Gasteiger partial charge in [-0.05, 0) is 18.2 Å². The molecule has 2 rings (SSSR count). The predicted octanol–water partition coefficient (Wildman–Crippen LogP) is 2.77. The zero-order chi connectivity index (χ0) is 12.8. The van der Waals surface area contributed by atoms with Crippen molar-refractivity contribution < 1.29 is 4.74 Å². The van der Waals surface area contributed by atoms with E-state index in [2.05, 4.69) is 29.1 Å². The summed E-state index contributed by atoms with van der Waals surface area (Å²) in [4.78, 5) is 8.12. The van der Waals surface area contributed by atoms with Crippen LogP contribution in [0, 0.1) is 0 Å². The lowest BCUT2D eigenvalue weighted by atomic mass is 10.2. The molecular weight excluding hydrogens is 226 g/mol. The maximum absolute atomic E-state index is 5.78. The fraction of sp³-hybridized carbons (Fsp3) is 0.286. The average Bonchev–Trinajstić information content (AvgIpc) is 2.39. The van der Waals surface area contributed by atoms with Crippen molar-refractivity contribution >= 4 is 0 Å². The molecule has 0 unspecified atom stereocenters. The SMILES string of the molecule is CC(C)NCc1ccncc1Oc1cccnc1. The Labute approximate surface area is 107 Å². The van der Waals surface area contributed by atoms with Crippen LogP contribution in [0.4, 0.5) is 0 Å². The van der Waals surface area contributed by atoms with Gasteiger partial charge in [-0.15, -0.1) is 0 Å². The van der Waals surface area contributed by atoms with Crippen LogP contribution in [0.3, 0.4) is 0 Å². The van der Waals surface area contributed by atoms with E-state index in [1.165, 1.54) is 0 Å². The number of aromatic nitrogens is 2. The van der Waals surface area contributed by atoms with Crippen molar-refractivity contribution in [2.75, 3.05) is 0 Å². The van der Waals surface area contributed by atoms with Crippen molar-refractivity contribution in [3.05, 3.63) is 48.5 Å². The second-order valence-corrected chi connectivity index (χ2v) is 4.31. The maximum atomic E-state index is 5.78. The number of hydrogen-bond donors (Lipinski definition) is 1. The summed E-state index contributed by atoms with van der Waals surface area (Å²) in [5.41, 5.74) is 1.09. The molecule has 94 valence electrons. The Morgan fingerprint density at radius 3 is 2.72 bits per heavy atom. The molecule has 0 spiro atoms. The summed E-state index contributed by atoms with van der Waals surface area (Å²) >= 11 is 0. The molecule has 4 heteroatoms. The highest BCUT2D eigenvalue weighted by atomic mass is 16.5. The van der Waals surface area contributed by atoms with Gasteiger partial charge in [0.1, 0.15) is 11.5 Å². The first kappa shape index (κ1) is 12.5. The van der Waals surface area contributed by atoms with E-state index in [1.807, 2.05) is 18.2 Å². The van der Waals surface area contributed by atoms with E-state index in [1.54, 1.807) is 24.8 Å². The van der Waals surface area contributed by atoms with Gasteiger partial charge in [0.25, 0.3) is 0 Å². The van der Waals surface area contributed by atoms with E-state index in [9.17, 15) is 0 Å². The van der Waals surface area contributed by atoms with Crippen molar-refractivity contribution in [3.63, 3.8) is 0 Å². The molecule has 0 aromatic carbocycles. The highest BCUT2D eigenvalue weighted by molar-refractivity contribution is 5.34. The topological polar surface area (TPSA) is 47.0 Å². The lowest BCUT2D eigenvalue weighted by Gasteiger charge is -2.12. The quantitative estimate of drug-likeness (QED) is 0.877. The standard InChI is InChI=1S/C14H17N3O/c1-11(2)17-8-12-5-7-16-10-14(12)18-13-4-3-6-15-9-13/h3-7,9-11,17H,8H2,1-2H3. The summed E-state index contributed by atoms with van der Waals surface area (Å²) in [5, 5.41) is 3.36. The molecule has 0 fully saturated rings. The van der Waals surface area contributed by atoms with Crippen molar-refractivity contribution in [1.29, 1.82) is 0 Å². The van der Waals surface area contributed by atoms with Crippen LogP contribution in [-0.4, -0.2) is 16.0 Å². The number of rotatable bonds is 5. The first-order chi connectivity index (χ1) is 8.75. The molecule has 0 aliphatic rings. The summed E-state index contributed by atoms with van der Waals surface area (Å²) < 4.78 is 5.78. The third kappa shape index (κ3) is 3.53. The molecule has 2 aromatic heterocycles. The Bertz CT molecular complexity index is 485. The normalized spacial score (nSPS) is 10.6. The van der Waals surface area contributed by atoms with Crippen LogP contribution in [-0.2, 0) is 6.54 Å². The highest BCUT2D eigenvalue weighted by Gasteiger charge is 2.05. The molecule has 0 amide bonds. The molecule has 0 aliphatic heterocycles. The molecule has 0 saturated carbocycles. The van der Waals surface area contributed by atoms with Gasteiger partial charge in [0, 0.05) is 30.5 Å². The first-order valence-electron chi connectivity index (χ1n) is 6.00. The minimum atomic E-state index is 0.435. The summed E-state index contributed by atoms with van der Waals surface area (Å²) in [6.07, 6.45) is 6.90. The number of nitrogens with zero attached hydrogens (tertiary/aromatic N) is 2. The Morgan fingerprint density at radius 2 is 2.00 bits per heavy atom. The average molecular weight is 243 g/mol. The van der Waals surface area contributed by atoms with Crippen LogP contribution in [0.25, 0.3) is 0 Å². The molecule has 2 aromatic rings. The Hall–Kier alpha value is -1.94. The fourth-order valence-corrected chi connectivity index (χ4v) is 1.50. The minimum Gasteiger partial charge on any atom is -0.454 e. The molecule has 0 saturated heterocycles. The molecule has 18 heavy (non-hydrogen) atoms. The summed E-state index contributed by atoms with van der Waals surface area (Å²) in [7, 11) is 0. The second kappa shape index (κ2) is 6.12. The fourth-order valence-electron chi connectivity index (χ4n) is 1.50. The number of hydrogen-bond acceptors (Lipinski definition) is 4. The molecule has 0 bridgehead atoms. The Kier molecular flexibility index (Phi) is 4.25. The zero-order valence-electron chi connectivity index (χ0n) is 10.6. The molecule has 4 nitrogen and oxygen atoms in total. The molecule has 0 radical (unpaired) electrons. The molecule has 2 heterocycles. The van der Waals surface area contributed by atoms with Crippen molar-refractivity contribution in [3.8, 4) is 11.5 Å². The van der Waals surface area contributed by atoms with Gasteiger partial charge in [-0.25, -0.2) is 0 Å². The van der Waals surface area contributed by atoms with Crippen LogP contribution in [0.5, 0.6) is 11.5 Å². The van der Waals surface area contributed by atoms with E-state index >= 15 is 0 Å². The van der Waals surface area contributed by atoms with E-state index < -0.39 is 0 Å². The Morgan fingerprint density at radius 1 is 1.17 bits per heavy atom. The van der Waals surface area contributed by atoms with Crippen LogP contribution in [0.15, 0.2) is 43.0 Å². The zero-order valence-corrected chi connectivity index (χ0v) is 10.6. The molecule has 1 N–H and O–H groups in total. The van der Waals surface area contributed by atoms with Crippen LogP contribution < -0.4 is 10.1 Å². The van der Waals surface area contributed by atoms with E-state index in [0.717, 1.165) is 23.6 Å². The lowest BCUT2D eigenvalue weighted by Crippen LogP contribution is -2.22. The maximum Gasteiger partial charge on any atom is 0.150 e. The van der Waals surface area contributed by atoms with Crippen molar-refractivity contribution in [2.45, 2.75) is 26.4 Å². The van der Waals surface area contributed by atoms with Crippen LogP contribution in [0.2, 0.25) is 0 Å². The number of pyridine rings is 2. The number of nitrogens with one attached hydrogen (secondary N) is 1. The minimum absolute atomic E-state index is 0.435. The van der Waals surface area contributed by atoms with E-state index in [-0.39, 0.29) is 0 Å². The smallest absolute Gasteiger partial charge is 0.150 e. The Balaban J connectivity index is 2.12. The van der Waals surface area contributed by atoms with Gasteiger partial charge in [0.2, 0.25) is 0 Å². The third-order valence-corrected chi connectivity index (χ3v) is 2.43. The molecule has 0 atom stereocenters. The molecular formula is C14H17N3O. The molecule has 0 aliphatic carbocycles. The van der Waals surface area contributed by atoms with Crippen LogP contribution >= 0.6 is 0 Å². The van der Waals surface area contributed by atoms with Gasteiger partial charge in [-0.3, -0.25) is 9.97 Å². The van der Waals surface area contributed by atoms with E-state index in [0.29, 0.717) is 6.04 Å².